The number of hydrogen-bond acceptors (Lipinski definition) is 6. The third kappa shape index (κ3) is 5.32. The lowest BCUT2D eigenvalue weighted by molar-refractivity contribution is -0.158. The van der Waals surface area contributed by atoms with Gasteiger partial charge in [-0.3, -0.25) is 18.8 Å². The van der Waals surface area contributed by atoms with Gasteiger partial charge in [0.2, 0.25) is 5.91 Å². The highest BCUT2D eigenvalue weighted by atomic mass is 35.5. The molecule has 9 heteroatoms. The van der Waals surface area contributed by atoms with E-state index in [1.807, 2.05) is 24.3 Å². The third-order valence-corrected chi connectivity index (χ3v) is 6.48. The van der Waals surface area contributed by atoms with E-state index in [1.165, 1.54) is 16.7 Å². The van der Waals surface area contributed by atoms with E-state index in [0.717, 1.165) is 18.4 Å². The number of rotatable bonds is 8. The van der Waals surface area contributed by atoms with Crippen LogP contribution in [0, 0.1) is 5.92 Å². The fourth-order valence-corrected chi connectivity index (χ4v) is 4.70. The number of unbranched alkanes of at least 4 members (excludes halogenated alkanes) is 1. The number of carbonyl (C=O) groups is 2. The monoisotopic (exact) mass is 497 g/mol. The van der Waals surface area contributed by atoms with Crippen molar-refractivity contribution in [1.29, 1.82) is 0 Å². The van der Waals surface area contributed by atoms with Gasteiger partial charge in [-0.25, -0.2) is 4.98 Å². The second-order valence-corrected chi connectivity index (χ2v) is 8.98. The molecule has 184 valence electrons. The molecule has 8 nitrogen and oxygen atoms in total. The van der Waals surface area contributed by atoms with Gasteiger partial charge < -0.3 is 14.4 Å². The van der Waals surface area contributed by atoms with Crippen molar-refractivity contribution in [3.63, 3.8) is 0 Å². The molecule has 1 amide bonds. The van der Waals surface area contributed by atoms with E-state index in [4.69, 9.17) is 21.1 Å². The number of aromatic nitrogens is 2. The zero-order valence-corrected chi connectivity index (χ0v) is 20.5. The van der Waals surface area contributed by atoms with Crippen LogP contribution in [-0.4, -0.2) is 39.8 Å². The number of likely N-dealkylation sites (tertiary alicyclic amines) is 1. The summed E-state index contributed by atoms with van der Waals surface area (Å²) < 4.78 is 12.6. The molecule has 0 spiro atoms. The summed E-state index contributed by atoms with van der Waals surface area (Å²) in [4.78, 5) is 44.9. The molecule has 1 fully saturated rings. The van der Waals surface area contributed by atoms with Crippen LogP contribution < -0.4 is 10.3 Å². The summed E-state index contributed by atoms with van der Waals surface area (Å²) in [5.41, 5.74) is 1.22. The first-order chi connectivity index (χ1) is 16.9. The van der Waals surface area contributed by atoms with Crippen LogP contribution in [0.5, 0.6) is 5.75 Å². The number of benzene rings is 1. The van der Waals surface area contributed by atoms with E-state index in [0.29, 0.717) is 35.1 Å². The quantitative estimate of drug-likeness (QED) is 0.434. The number of methoxy groups -OCH3 is 1. The van der Waals surface area contributed by atoms with Gasteiger partial charge in [0, 0.05) is 30.8 Å². The Balaban J connectivity index is 1.60. The molecule has 1 saturated heterocycles. The summed E-state index contributed by atoms with van der Waals surface area (Å²) in [5, 5.41) is 0.419. The first-order valence-electron chi connectivity index (χ1n) is 11.7. The minimum Gasteiger partial charge on any atom is -0.496 e. The van der Waals surface area contributed by atoms with Gasteiger partial charge in [0.1, 0.15) is 18.0 Å². The Labute approximate surface area is 208 Å². The molecule has 0 bridgehead atoms. The molecule has 35 heavy (non-hydrogen) atoms. The van der Waals surface area contributed by atoms with E-state index < -0.39 is 17.9 Å². The fourth-order valence-electron chi connectivity index (χ4n) is 4.54. The predicted octanol–water partition coefficient (Wildman–Crippen LogP) is 4.18. The average molecular weight is 498 g/mol. The van der Waals surface area contributed by atoms with Crippen molar-refractivity contribution < 1.29 is 19.1 Å². The second kappa shape index (κ2) is 10.9. The highest BCUT2D eigenvalue weighted by Crippen LogP contribution is 2.41. The topological polar surface area (TPSA) is 90.2 Å². The van der Waals surface area contributed by atoms with Crippen LogP contribution >= 0.6 is 11.6 Å². The molecule has 3 aromatic rings. The highest BCUT2D eigenvalue weighted by Gasteiger charge is 2.42. The molecular weight excluding hydrogens is 470 g/mol. The van der Waals surface area contributed by atoms with Crippen LogP contribution in [0.25, 0.3) is 5.65 Å². The van der Waals surface area contributed by atoms with Crippen LogP contribution in [0.1, 0.15) is 49.9 Å². The lowest BCUT2D eigenvalue weighted by Crippen LogP contribution is -2.46. The number of pyridine rings is 1. The Bertz CT molecular complexity index is 1290. The Hall–Kier alpha value is -3.39. The van der Waals surface area contributed by atoms with E-state index in [1.54, 1.807) is 24.1 Å². The van der Waals surface area contributed by atoms with Crippen molar-refractivity contribution in [2.75, 3.05) is 13.7 Å². The molecule has 3 heterocycles. The van der Waals surface area contributed by atoms with Crippen LogP contribution in [0.4, 0.5) is 0 Å². The van der Waals surface area contributed by atoms with Crippen molar-refractivity contribution in [2.45, 2.75) is 45.3 Å². The predicted molar refractivity (Wildman–Crippen MR) is 131 cm³/mol. The minimum absolute atomic E-state index is 0.0151. The largest absolute Gasteiger partial charge is 0.496 e. The lowest BCUT2D eigenvalue weighted by Gasteiger charge is -2.40. The van der Waals surface area contributed by atoms with Gasteiger partial charge in [0.25, 0.3) is 5.56 Å². The molecule has 0 saturated carbocycles. The first-order valence-corrected chi connectivity index (χ1v) is 12.1. The zero-order valence-electron chi connectivity index (χ0n) is 19.8. The average Bonchev–Trinajstić information content (AvgIpc) is 2.86. The number of esters is 1. The van der Waals surface area contributed by atoms with E-state index in [2.05, 4.69) is 11.9 Å². The van der Waals surface area contributed by atoms with Crippen molar-refractivity contribution in [3.05, 3.63) is 75.3 Å². The fraction of sp³-hybridized carbons (Fsp3) is 0.385. The maximum atomic E-state index is 13.3. The molecular formula is C26H28ClN3O5. The van der Waals surface area contributed by atoms with Crippen LogP contribution in [0.2, 0.25) is 5.02 Å². The van der Waals surface area contributed by atoms with Gasteiger partial charge in [-0.1, -0.05) is 43.1 Å². The molecule has 1 aliphatic heterocycles. The molecule has 1 aromatic carbocycles. The number of para-hydroxylation sites is 1. The zero-order chi connectivity index (χ0) is 24.9. The standard InChI is InChI=1S/C26H28ClN3O5/c1-3-4-13-29-23(31)12-10-20(25(29)19-7-5-6-8-21(19)34-2)26(33)35-16-18-14-24(32)30-15-17(27)9-11-22(30)28-18/h5-9,11,14-15,20,25H,3-4,10,12-13,16H2,1-2H3. The van der Waals surface area contributed by atoms with Gasteiger partial charge in [-0.2, -0.15) is 0 Å². The Morgan fingerprint density at radius 2 is 2.00 bits per heavy atom. The molecule has 1 aliphatic rings. The summed E-state index contributed by atoms with van der Waals surface area (Å²) in [6.45, 7) is 2.46. The molecule has 2 atom stereocenters. The Morgan fingerprint density at radius 3 is 2.77 bits per heavy atom. The normalized spacial score (nSPS) is 18.0. The second-order valence-electron chi connectivity index (χ2n) is 8.54. The summed E-state index contributed by atoms with van der Waals surface area (Å²) in [7, 11) is 1.57. The van der Waals surface area contributed by atoms with Crippen LogP contribution in [0.15, 0.2) is 53.5 Å². The Morgan fingerprint density at radius 1 is 1.20 bits per heavy atom. The van der Waals surface area contributed by atoms with E-state index >= 15 is 0 Å². The van der Waals surface area contributed by atoms with Crippen molar-refractivity contribution in [2.24, 2.45) is 5.92 Å². The van der Waals surface area contributed by atoms with Crippen molar-refractivity contribution >= 4 is 29.1 Å². The summed E-state index contributed by atoms with van der Waals surface area (Å²) in [6.07, 6.45) is 3.88. The summed E-state index contributed by atoms with van der Waals surface area (Å²) in [6, 6.07) is 11.5. The number of amides is 1. The molecule has 0 radical (unpaired) electrons. The minimum atomic E-state index is -0.568. The smallest absolute Gasteiger partial charge is 0.311 e. The summed E-state index contributed by atoms with van der Waals surface area (Å²) >= 11 is 5.96. The number of fused-ring (bicyclic) bond motifs is 1. The maximum Gasteiger partial charge on any atom is 0.311 e. The van der Waals surface area contributed by atoms with Gasteiger partial charge >= 0.3 is 5.97 Å². The third-order valence-electron chi connectivity index (χ3n) is 6.26. The van der Waals surface area contributed by atoms with Crippen molar-refractivity contribution in [1.82, 2.24) is 14.3 Å². The SMILES string of the molecule is CCCCN1C(=O)CCC(C(=O)OCc2cc(=O)n3cc(Cl)ccc3n2)C1c1ccccc1OC. The highest BCUT2D eigenvalue weighted by molar-refractivity contribution is 6.30. The molecule has 0 N–H and O–H groups in total. The number of ether oxygens (including phenoxy) is 2. The van der Waals surface area contributed by atoms with Crippen LogP contribution in [0.3, 0.4) is 0 Å². The molecule has 2 aromatic heterocycles. The van der Waals surface area contributed by atoms with Gasteiger partial charge in [0.05, 0.1) is 29.8 Å². The molecule has 4 rings (SSSR count). The first kappa shape index (κ1) is 24.7. The molecule has 2 unspecified atom stereocenters. The number of carbonyl (C=O) groups excluding carboxylic acids is 2. The number of hydrogen-bond donors (Lipinski definition) is 0. The lowest BCUT2D eigenvalue weighted by atomic mass is 9.83. The molecule has 0 aliphatic carbocycles. The van der Waals surface area contributed by atoms with Gasteiger partial charge in [0.15, 0.2) is 0 Å². The van der Waals surface area contributed by atoms with Gasteiger partial charge in [-0.15, -0.1) is 0 Å². The van der Waals surface area contributed by atoms with E-state index in [-0.39, 0.29) is 24.5 Å². The number of nitrogens with zero attached hydrogens (tertiary/aromatic N) is 3. The van der Waals surface area contributed by atoms with Crippen LogP contribution in [-0.2, 0) is 20.9 Å². The van der Waals surface area contributed by atoms with Gasteiger partial charge in [-0.05, 0) is 31.0 Å². The van der Waals surface area contributed by atoms with E-state index in [9.17, 15) is 14.4 Å². The summed E-state index contributed by atoms with van der Waals surface area (Å²) in [5.74, 6) is -0.370. The maximum absolute atomic E-state index is 13.3. The Kier molecular flexibility index (Phi) is 7.70. The number of halogens is 1. The number of piperidine rings is 1. The van der Waals surface area contributed by atoms with Crippen molar-refractivity contribution in [3.8, 4) is 5.75 Å².